The van der Waals surface area contributed by atoms with Crippen molar-refractivity contribution in [2.75, 3.05) is 0 Å². The number of benzene rings is 1. The third-order valence-electron chi connectivity index (χ3n) is 7.19. The summed E-state index contributed by atoms with van der Waals surface area (Å²) in [4.78, 5) is 63.8. The second-order valence-corrected chi connectivity index (χ2v) is 11.1. The van der Waals surface area contributed by atoms with Crippen LogP contribution in [0.25, 0.3) is 0 Å². The van der Waals surface area contributed by atoms with Crippen molar-refractivity contribution in [2.24, 2.45) is 17.8 Å². The fourth-order valence-corrected chi connectivity index (χ4v) is 5.10. The van der Waals surface area contributed by atoms with E-state index in [0.717, 1.165) is 12.8 Å². The highest BCUT2D eigenvalue weighted by Gasteiger charge is 2.32. The molecule has 0 aliphatic heterocycles. The van der Waals surface area contributed by atoms with Crippen molar-refractivity contribution in [3.63, 3.8) is 0 Å². The number of hydrogen-bond donors (Lipinski definition) is 2. The highest BCUT2D eigenvalue weighted by molar-refractivity contribution is 5.97. The van der Waals surface area contributed by atoms with E-state index in [9.17, 15) is 28.4 Å². The Kier molecular flexibility index (Phi) is 11.3. The molecule has 1 aliphatic carbocycles. The number of ketones is 2. The standard InChI is InChI=1S/C30H38FN3O6/c1-18(2)12-22(29(38)32-24(17-35)15-21-6-4-5-7-27(21)36)16-28(37)25(14-20-8-10-23(31)11-9-20)33-30(39)26-13-19(3)40-34-26/h8-11,13,17-18,21-22,24-25H,4-7,12,14-16H2,1-3H3,(H,32,38)(H,33,39)/t21-,22?,24-,25-/m0/s1. The highest BCUT2D eigenvalue weighted by atomic mass is 19.1. The normalized spacial score (nSPS) is 17.6. The number of aryl methyl sites for hydroxylation is 1. The number of carbonyl (C=O) groups is 5. The first-order valence-electron chi connectivity index (χ1n) is 13.9. The van der Waals surface area contributed by atoms with Crippen molar-refractivity contribution in [2.45, 2.75) is 84.2 Å². The van der Waals surface area contributed by atoms with E-state index < -0.39 is 35.6 Å². The molecule has 1 fully saturated rings. The van der Waals surface area contributed by atoms with Gasteiger partial charge < -0.3 is 20.0 Å². The SMILES string of the molecule is Cc1cc(C(=O)N[C@@H](Cc2ccc(F)cc2)C(=O)CC(CC(C)C)C(=O)N[C@H](C=O)C[C@@H]2CCCCC2=O)no1. The lowest BCUT2D eigenvalue weighted by Gasteiger charge is -2.26. The third-order valence-corrected chi connectivity index (χ3v) is 7.19. The van der Waals surface area contributed by atoms with Gasteiger partial charge in [-0.15, -0.1) is 0 Å². The fraction of sp³-hybridized carbons (Fsp3) is 0.533. The number of nitrogens with one attached hydrogen (secondary N) is 2. The quantitative estimate of drug-likeness (QED) is 0.337. The number of aromatic nitrogens is 1. The molecular formula is C30H38FN3O6. The zero-order valence-electron chi connectivity index (χ0n) is 23.3. The molecule has 1 aromatic heterocycles. The monoisotopic (exact) mass is 555 g/mol. The second-order valence-electron chi connectivity index (χ2n) is 11.1. The van der Waals surface area contributed by atoms with Crippen molar-refractivity contribution in [3.8, 4) is 0 Å². The molecule has 3 rings (SSSR count). The van der Waals surface area contributed by atoms with Crippen LogP contribution in [0.2, 0.25) is 0 Å². The lowest BCUT2D eigenvalue weighted by atomic mass is 9.83. The lowest BCUT2D eigenvalue weighted by molar-refractivity contribution is -0.132. The van der Waals surface area contributed by atoms with E-state index in [4.69, 9.17) is 4.52 Å². The van der Waals surface area contributed by atoms with Crippen LogP contribution in [0, 0.1) is 30.5 Å². The van der Waals surface area contributed by atoms with Crippen LogP contribution in [0.3, 0.4) is 0 Å². The molecule has 1 aliphatic rings. The summed E-state index contributed by atoms with van der Waals surface area (Å²) >= 11 is 0. The van der Waals surface area contributed by atoms with Gasteiger partial charge in [-0.3, -0.25) is 19.2 Å². The average Bonchev–Trinajstić information content (AvgIpc) is 3.36. The Balaban J connectivity index is 1.74. The molecule has 2 aromatic rings. The van der Waals surface area contributed by atoms with Gasteiger partial charge in [-0.1, -0.05) is 37.6 Å². The van der Waals surface area contributed by atoms with Crippen molar-refractivity contribution >= 4 is 29.7 Å². The number of Topliss-reactive ketones (excluding diaryl/α,β-unsaturated/α-hetero) is 2. The van der Waals surface area contributed by atoms with E-state index in [1.807, 2.05) is 13.8 Å². The van der Waals surface area contributed by atoms with Gasteiger partial charge in [0.2, 0.25) is 5.91 Å². The van der Waals surface area contributed by atoms with E-state index in [1.54, 1.807) is 6.92 Å². The van der Waals surface area contributed by atoms with Gasteiger partial charge in [0, 0.05) is 30.7 Å². The number of aldehydes is 1. The summed E-state index contributed by atoms with van der Waals surface area (Å²) in [5, 5.41) is 9.14. The van der Waals surface area contributed by atoms with Crippen LogP contribution in [0.5, 0.6) is 0 Å². The number of carbonyl (C=O) groups excluding carboxylic acids is 5. The predicted molar refractivity (Wildman–Crippen MR) is 145 cm³/mol. The predicted octanol–water partition coefficient (Wildman–Crippen LogP) is 3.92. The Morgan fingerprint density at radius 1 is 1.15 bits per heavy atom. The van der Waals surface area contributed by atoms with E-state index in [-0.39, 0.29) is 48.4 Å². The molecule has 2 amide bonds. The van der Waals surface area contributed by atoms with Crippen LogP contribution in [-0.2, 0) is 25.6 Å². The maximum absolute atomic E-state index is 13.6. The maximum Gasteiger partial charge on any atom is 0.274 e. The lowest BCUT2D eigenvalue weighted by Crippen LogP contribution is -2.46. The van der Waals surface area contributed by atoms with Crippen molar-refractivity contribution in [3.05, 3.63) is 53.2 Å². The van der Waals surface area contributed by atoms with Crippen LogP contribution in [0.1, 0.15) is 80.6 Å². The first-order valence-corrected chi connectivity index (χ1v) is 13.9. The molecule has 1 saturated carbocycles. The average molecular weight is 556 g/mol. The fourth-order valence-electron chi connectivity index (χ4n) is 5.10. The number of nitrogens with zero attached hydrogens (tertiary/aromatic N) is 1. The molecule has 0 saturated heterocycles. The van der Waals surface area contributed by atoms with Gasteiger partial charge in [-0.05, 0) is 62.6 Å². The van der Waals surface area contributed by atoms with Crippen molar-refractivity contribution in [1.29, 1.82) is 0 Å². The maximum atomic E-state index is 13.6. The molecule has 40 heavy (non-hydrogen) atoms. The van der Waals surface area contributed by atoms with Crippen LogP contribution < -0.4 is 10.6 Å². The number of halogens is 1. The Bertz CT molecular complexity index is 1190. The van der Waals surface area contributed by atoms with E-state index in [2.05, 4.69) is 15.8 Å². The third kappa shape index (κ3) is 9.20. The first kappa shape index (κ1) is 30.8. The van der Waals surface area contributed by atoms with E-state index in [1.165, 1.54) is 30.3 Å². The molecule has 0 bridgehead atoms. The smallest absolute Gasteiger partial charge is 0.274 e. The van der Waals surface area contributed by atoms with E-state index >= 15 is 0 Å². The zero-order chi connectivity index (χ0) is 29.2. The van der Waals surface area contributed by atoms with Crippen LogP contribution >= 0.6 is 0 Å². The highest BCUT2D eigenvalue weighted by Crippen LogP contribution is 2.25. The topological polar surface area (TPSA) is 135 Å². The van der Waals surface area contributed by atoms with Crippen LogP contribution in [0.15, 0.2) is 34.9 Å². The molecule has 216 valence electrons. The zero-order valence-corrected chi connectivity index (χ0v) is 23.3. The number of amides is 2. The molecular weight excluding hydrogens is 517 g/mol. The number of rotatable bonds is 14. The summed E-state index contributed by atoms with van der Waals surface area (Å²) < 4.78 is 18.4. The van der Waals surface area contributed by atoms with Crippen molar-refractivity contribution < 1.29 is 32.9 Å². The number of hydrogen-bond acceptors (Lipinski definition) is 7. The molecule has 1 unspecified atom stereocenters. The summed E-state index contributed by atoms with van der Waals surface area (Å²) in [5.41, 5.74) is 0.636. The Morgan fingerprint density at radius 3 is 2.48 bits per heavy atom. The van der Waals surface area contributed by atoms with Gasteiger partial charge in [0.1, 0.15) is 23.6 Å². The molecule has 1 aromatic carbocycles. The van der Waals surface area contributed by atoms with Crippen LogP contribution in [0.4, 0.5) is 4.39 Å². The van der Waals surface area contributed by atoms with Gasteiger partial charge in [-0.25, -0.2) is 4.39 Å². The molecule has 4 atom stereocenters. The van der Waals surface area contributed by atoms with Gasteiger partial charge >= 0.3 is 0 Å². The summed E-state index contributed by atoms with van der Waals surface area (Å²) in [7, 11) is 0. The first-order chi connectivity index (χ1) is 19.0. The van der Waals surface area contributed by atoms with Gasteiger partial charge in [0.15, 0.2) is 11.5 Å². The second kappa shape index (κ2) is 14.6. The summed E-state index contributed by atoms with van der Waals surface area (Å²) in [6, 6.07) is 5.20. The molecule has 2 N–H and O–H groups in total. The Labute approximate surface area is 233 Å². The molecule has 0 radical (unpaired) electrons. The largest absolute Gasteiger partial charge is 0.361 e. The van der Waals surface area contributed by atoms with Gasteiger partial charge in [-0.2, -0.15) is 0 Å². The molecule has 10 heteroatoms. The van der Waals surface area contributed by atoms with Gasteiger partial charge in [0.05, 0.1) is 12.1 Å². The van der Waals surface area contributed by atoms with E-state index in [0.29, 0.717) is 36.9 Å². The van der Waals surface area contributed by atoms with Gasteiger partial charge in [0.25, 0.3) is 5.91 Å². The summed E-state index contributed by atoms with van der Waals surface area (Å²) in [6.45, 7) is 5.48. The van der Waals surface area contributed by atoms with Crippen LogP contribution in [-0.4, -0.2) is 46.9 Å². The molecule has 0 spiro atoms. The summed E-state index contributed by atoms with van der Waals surface area (Å²) in [5.74, 6) is -2.26. The van der Waals surface area contributed by atoms with Crippen molar-refractivity contribution in [1.82, 2.24) is 15.8 Å². The minimum atomic E-state index is -1.01. The Morgan fingerprint density at radius 2 is 1.88 bits per heavy atom. The summed E-state index contributed by atoms with van der Waals surface area (Å²) in [6.07, 6.45) is 4.12. The minimum absolute atomic E-state index is 0.0111. The molecule has 1 heterocycles. The molecule has 9 nitrogen and oxygen atoms in total. The minimum Gasteiger partial charge on any atom is -0.361 e. The Hall–Kier alpha value is -3.69.